The monoisotopic (exact) mass is 329 g/mol. The van der Waals surface area contributed by atoms with Gasteiger partial charge >= 0.3 is 0 Å². The third-order valence-corrected chi connectivity index (χ3v) is 4.26. The molecule has 2 N–H and O–H groups in total. The van der Waals surface area contributed by atoms with Gasteiger partial charge in [0.1, 0.15) is 12.5 Å². The van der Waals surface area contributed by atoms with Crippen LogP contribution in [-0.2, 0) is 6.54 Å². The Balaban J connectivity index is 2.02. The Morgan fingerprint density at radius 2 is 2.17 bits per heavy atom. The second-order valence-electron chi connectivity index (χ2n) is 6.34. The Hall–Kier alpha value is -2.43. The lowest BCUT2D eigenvalue weighted by Gasteiger charge is -2.11. The number of nitrogens with zero attached hydrogens (tertiary/aromatic N) is 2. The van der Waals surface area contributed by atoms with Gasteiger partial charge in [0.25, 0.3) is 0 Å². The summed E-state index contributed by atoms with van der Waals surface area (Å²) in [5, 5.41) is 0.962. The van der Waals surface area contributed by atoms with Crippen LogP contribution in [0.3, 0.4) is 0 Å². The minimum atomic E-state index is -0.802. The molecule has 0 aliphatic heterocycles. The van der Waals surface area contributed by atoms with E-state index in [0.29, 0.717) is 5.92 Å². The first-order valence-electron chi connectivity index (χ1n) is 8.03. The fraction of sp³-hybridized carbons (Fsp3) is 0.316. The van der Waals surface area contributed by atoms with Crippen molar-refractivity contribution in [3.05, 3.63) is 60.0 Å². The highest BCUT2D eigenvalue weighted by molar-refractivity contribution is 5.87. The Labute approximate surface area is 140 Å². The van der Waals surface area contributed by atoms with Gasteiger partial charge in [-0.15, -0.1) is 0 Å². The average molecular weight is 329 g/mol. The van der Waals surface area contributed by atoms with E-state index in [1.165, 1.54) is 25.0 Å². The predicted octanol–water partition coefficient (Wildman–Crippen LogP) is 4.43. The molecular formula is C19H21F2N3. The second-order valence-corrected chi connectivity index (χ2v) is 6.34. The van der Waals surface area contributed by atoms with Crippen LogP contribution in [-0.4, -0.2) is 16.2 Å². The number of aromatic nitrogens is 2. The molecule has 1 saturated carbocycles. The van der Waals surface area contributed by atoms with E-state index in [2.05, 4.69) is 16.1 Å². The van der Waals surface area contributed by atoms with Crippen molar-refractivity contribution in [1.29, 1.82) is 0 Å². The van der Waals surface area contributed by atoms with Crippen LogP contribution < -0.4 is 5.73 Å². The van der Waals surface area contributed by atoms with Crippen molar-refractivity contribution >= 4 is 16.5 Å². The number of hydrogen-bond donors (Lipinski definition) is 1. The molecule has 1 aliphatic rings. The summed E-state index contributed by atoms with van der Waals surface area (Å²) >= 11 is 0. The van der Waals surface area contributed by atoms with Gasteiger partial charge in [0.05, 0.1) is 11.2 Å². The van der Waals surface area contributed by atoms with E-state index in [1.54, 1.807) is 6.20 Å². The van der Waals surface area contributed by atoms with Crippen LogP contribution in [0.5, 0.6) is 0 Å². The van der Waals surface area contributed by atoms with E-state index < -0.39 is 12.5 Å². The molecule has 0 saturated heterocycles. The normalized spacial score (nSPS) is 16.0. The minimum absolute atomic E-state index is 0.0173. The van der Waals surface area contributed by atoms with Crippen LogP contribution in [0.4, 0.5) is 8.78 Å². The number of fused-ring (bicyclic) bond motifs is 1. The van der Waals surface area contributed by atoms with Gasteiger partial charge in [-0.05, 0) is 50.0 Å². The Kier molecular flexibility index (Phi) is 4.51. The van der Waals surface area contributed by atoms with Crippen LogP contribution in [0.25, 0.3) is 16.5 Å². The molecule has 5 heteroatoms. The first-order valence-corrected chi connectivity index (χ1v) is 8.03. The standard InChI is InChI=1S/C19H21F2N3/c1-12-7-19-15(10-23-12)8-18(24(19)11-14-3-4-14)13(2)17(21)6-5-16(22)9-20/h5-8,10,14H,2-4,9,11,22H2,1H3/b16-5+,17-6+. The average Bonchev–Trinajstić information content (AvgIpc) is 3.33. The number of nitrogens with two attached hydrogens (primary N) is 1. The maximum atomic E-state index is 14.4. The van der Waals surface area contributed by atoms with Crippen LogP contribution in [0.15, 0.2) is 48.6 Å². The number of halogens is 2. The first-order chi connectivity index (χ1) is 11.5. The van der Waals surface area contributed by atoms with Crippen molar-refractivity contribution in [1.82, 2.24) is 9.55 Å². The van der Waals surface area contributed by atoms with Crippen molar-refractivity contribution in [3.63, 3.8) is 0 Å². The van der Waals surface area contributed by atoms with E-state index in [9.17, 15) is 8.78 Å². The second kappa shape index (κ2) is 6.59. The molecule has 0 atom stereocenters. The Morgan fingerprint density at radius 3 is 2.83 bits per heavy atom. The van der Waals surface area contributed by atoms with E-state index >= 15 is 0 Å². The Morgan fingerprint density at radius 1 is 1.42 bits per heavy atom. The lowest BCUT2D eigenvalue weighted by Crippen LogP contribution is -2.04. The molecular weight excluding hydrogens is 308 g/mol. The lowest BCUT2D eigenvalue weighted by molar-refractivity contribution is 0.540. The fourth-order valence-electron chi connectivity index (χ4n) is 2.71. The highest BCUT2D eigenvalue weighted by Crippen LogP contribution is 2.35. The molecule has 0 bridgehead atoms. The van der Waals surface area contributed by atoms with Crippen LogP contribution >= 0.6 is 0 Å². The predicted molar refractivity (Wildman–Crippen MR) is 93.7 cm³/mol. The zero-order valence-electron chi connectivity index (χ0n) is 13.7. The quantitative estimate of drug-likeness (QED) is 0.797. The molecule has 0 aromatic carbocycles. The van der Waals surface area contributed by atoms with E-state index in [1.807, 2.05) is 19.1 Å². The summed E-state index contributed by atoms with van der Waals surface area (Å²) in [5.41, 5.74) is 8.31. The molecule has 24 heavy (non-hydrogen) atoms. The van der Waals surface area contributed by atoms with Crippen molar-refractivity contribution in [2.75, 3.05) is 6.67 Å². The van der Waals surface area contributed by atoms with Gasteiger partial charge in [0, 0.05) is 35.1 Å². The molecule has 2 heterocycles. The molecule has 3 nitrogen and oxygen atoms in total. The molecule has 0 spiro atoms. The molecule has 0 amide bonds. The van der Waals surface area contributed by atoms with E-state index in [4.69, 9.17) is 5.73 Å². The highest BCUT2D eigenvalue weighted by Gasteiger charge is 2.24. The number of hydrogen-bond acceptors (Lipinski definition) is 2. The third-order valence-electron chi connectivity index (χ3n) is 4.26. The van der Waals surface area contributed by atoms with Gasteiger partial charge in [-0.25, -0.2) is 8.78 Å². The van der Waals surface area contributed by atoms with E-state index in [-0.39, 0.29) is 11.3 Å². The molecule has 1 aliphatic carbocycles. The number of aryl methyl sites for hydroxylation is 1. The summed E-state index contributed by atoms with van der Waals surface area (Å²) in [7, 11) is 0. The molecule has 1 fully saturated rings. The smallest absolute Gasteiger partial charge is 0.131 e. The highest BCUT2D eigenvalue weighted by atomic mass is 19.1. The zero-order chi connectivity index (χ0) is 17.3. The molecule has 2 aromatic heterocycles. The van der Waals surface area contributed by atoms with Crippen molar-refractivity contribution < 1.29 is 8.78 Å². The van der Waals surface area contributed by atoms with Gasteiger partial charge in [-0.1, -0.05) is 6.58 Å². The van der Waals surface area contributed by atoms with Crippen molar-refractivity contribution in [3.8, 4) is 0 Å². The minimum Gasteiger partial charge on any atom is -0.400 e. The maximum absolute atomic E-state index is 14.4. The number of pyridine rings is 1. The van der Waals surface area contributed by atoms with Gasteiger partial charge < -0.3 is 10.3 Å². The van der Waals surface area contributed by atoms with Gasteiger partial charge in [0.2, 0.25) is 0 Å². The first kappa shape index (κ1) is 16.4. The summed E-state index contributed by atoms with van der Waals surface area (Å²) in [5.74, 6) is 0.116. The van der Waals surface area contributed by atoms with Crippen molar-refractivity contribution in [2.24, 2.45) is 11.7 Å². The molecule has 0 unspecified atom stereocenters. The number of allylic oxidation sites excluding steroid dienone is 5. The number of alkyl halides is 1. The summed E-state index contributed by atoms with van der Waals surface area (Å²) in [6.07, 6.45) is 6.60. The molecule has 0 radical (unpaired) electrons. The summed E-state index contributed by atoms with van der Waals surface area (Å²) in [6, 6.07) is 3.92. The zero-order valence-corrected chi connectivity index (χ0v) is 13.7. The lowest BCUT2D eigenvalue weighted by atomic mass is 10.1. The van der Waals surface area contributed by atoms with Crippen molar-refractivity contribution in [2.45, 2.75) is 26.3 Å². The summed E-state index contributed by atoms with van der Waals surface area (Å²) in [6.45, 7) is 5.87. The van der Waals surface area contributed by atoms with Crippen LogP contribution in [0, 0.1) is 12.8 Å². The van der Waals surface area contributed by atoms with Crippen LogP contribution in [0.1, 0.15) is 24.2 Å². The van der Waals surface area contributed by atoms with Gasteiger partial charge in [-0.2, -0.15) is 0 Å². The summed E-state index contributed by atoms with van der Waals surface area (Å²) in [4.78, 5) is 4.31. The maximum Gasteiger partial charge on any atom is 0.131 e. The third kappa shape index (κ3) is 3.40. The summed E-state index contributed by atoms with van der Waals surface area (Å²) < 4.78 is 28.9. The SMILES string of the molecule is C=C(/C(F)=C\C=C(\N)CF)c1cc2cnc(C)cc2n1CC1CC1. The van der Waals surface area contributed by atoms with Crippen LogP contribution in [0.2, 0.25) is 0 Å². The van der Waals surface area contributed by atoms with Gasteiger partial charge in [0.15, 0.2) is 0 Å². The van der Waals surface area contributed by atoms with Gasteiger partial charge in [-0.3, -0.25) is 4.98 Å². The molecule has 2 aromatic rings. The fourth-order valence-corrected chi connectivity index (χ4v) is 2.71. The largest absolute Gasteiger partial charge is 0.400 e. The topological polar surface area (TPSA) is 43.8 Å². The molecule has 126 valence electrons. The Bertz CT molecular complexity index is 842. The molecule has 3 rings (SSSR count). The van der Waals surface area contributed by atoms with E-state index in [0.717, 1.165) is 28.8 Å². The number of rotatable bonds is 6.